The molecule has 1 amide bonds. The lowest BCUT2D eigenvalue weighted by Crippen LogP contribution is -2.26. The van der Waals surface area contributed by atoms with E-state index in [0.717, 1.165) is 35.1 Å². The monoisotopic (exact) mass is 413 g/mol. The smallest absolute Gasteiger partial charge is 0.407 e. The summed E-state index contributed by atoms with van der Waals surface area (Å²) in [4.78, 5) is 16.6. The van der Waals surface area contributed by atoms with Crippen LogP contribution in [0.5, 0.6) is 0 Å². The Morgan fingerprint density at radius 3 is 2.77 bits per heavy atom. The number of hydrogen-bond donors (Lipinski definition) is 1. The molecule has 156 valence electrons. The molecule has 0 bridgehead atoms. The lowest BCUT2D eigenvalue weighted by molar-refractivity contribution is 0.159. The van der Waals surface area contributed by atoms with Crippen LogP contribution in [0.25, 0.3) is 27.8 Å². The maximum absolute atomic E-state index is 11.9. The van der Waals surface area contributed by atoms with E-state index in [1.165, 1.54) is 6.08 Å². The van der Waals surface area contributed by atoms with Crippen molar-refractivity contribution in [2.24, 2.45) is 0 Å². The third-order valence-electron chi connectivity index (χ3n) is 5.34. The molecule has 0 unspecified atom stereocenters. The molecule has 2 aromatic carbocycles. The lowest BCUT2D eigenvalue weighted by Gasteiger charge is -2.17. The molecule has 6 heteroatoms. The highest BCUT2D eigenvalue weighted by atomic mass is 16.5. The van der Waals surface area contributed by atoms with Crippen LogP contribution in [0, 0.1) is 18.3 Å². The van der Waals surface area contributed by atoms with Gasteiger partial charge in [-0.1, -0.05) is 49.6 Å². The Hall–Kier alpha value is -3.85. The number of ether oxygens (including phenoxy) is 1. The van der Waals surface area contributed by atoms with Gasteiger partial charge in [-0.05, 0) is 42.0 Å². The van der Waals surface area contributed by atoms with Crippen LogP contribution in [0.2, 0.25) is 0 Å². The Balaban J connectivity index is 1.86. The molecule has 1 heterocycles. The van der Waals surface area contributed by atoms with E-state index in [1.807, 2.05) is 37.3 Å². The maximum Gasteiger partial charge on any atom is 0.407 e. The Labute approximate surface area is 180 Å². The summed E-state index contributed by atoms with van der Waals surface area (Å²) < 4.78 is 11.2. The maximum atomic E-state index is 11.9. The van der Waals surface area contributed by atoms with E-state index in [4.69, 9.17) is 9.15 Å². The Morgan fingerprint density at radius 2 is 2.13 bits per heavy atom. The minimum absolute atomic E-state index is 0.126. The van der Waals surface area contributed by atoms with Gasteiger partial charge in [0.05, 0.1) is 5.56 Å². The van der Waals surface area contributed by atoms with Crippen LogP contribution in [0.1, 0.15) is 41.3 Å². The molecule has 0 atom stereocenters. The van der Waals surface area contributed by atoms with Crippen LogP contribution in [0.3, 0.4) is 0 Å². The SMILES string of the molecule is C=CCOC(=O)NCC(=C)c1c(-c2ccccc2)c(C)c(C#N)c2nc(C3CC3)oc12. The molecule has 1 N–H and O–H groups in total. The van der Waals surface area contributed by atoms with Crippen molar-refractivity contribution in [3.8, 4) is 17.2 Å². The van der Waals surface area contributed by atoms with Crippen LogP contribution in [0.15, 0.2) is 54.0 Å². The number of alkyl carbamates (subject to hydrolysis) is 1. The Bertz CT molecular complexity index is 1210. The minimum Gasteiger partial charge on any atom is -0.445 e. The second-order valence-corrected chi connectivity index (χ2v) is 7.58. The van der Waals surface area contributed by atoms with Gasteiger partial charge in [0, 0.05) is 18.0 Å². The van der Waals surface area contributed by atoms with Gasteiger partial charge in [-0.15, -0.1) is 0 Å². The summed E-state index contributed by atoms with van der Waals surface area (Å²) in [7, 11) is 0. The highest BCUT2D eigenvalue weighted by molar-refractivity contribution is 6.01. The van der Waals surface area contributed by atoms with E-state index in [2.05, 4.69) is 29.5 Å². The summed E-state index contributed by atoms with van der Waals surface area (Å²) in [6, 6.07) is 12.1. The molecular weight excluding hydrogens is 390 g/mol. The third kappa shape index (κ3) is 3.95. The number of carbonyl (C=O) groups excluding carboxylic acids is 1. The number of oxazole rings is 1. The molecule has 0 aliphatic heterocycles. The average molecular weight is 413 g/mol. The molecule has 31 heavy (non-hydrogen) atoms. The number of fused-ring (bicyclic) bond motifs is 1. The van der Waals surface area contributed by atoms with Gasteiger partial charge in [0.1, 0.15) is 18.2 Å². The molecule has 1 fully saturated rings. The first-order valence-electron chi connectivity index (χ1n) is 10.2. The zero-order valence-corrected chi connectivity index (χ0v) is 17.4. The average Bonchev–Trinajstić information content (AvgIpc) is 3.55. The van der Waals surface area contributed by atoms with Crippen LogP contribution >= 0.6 is 0 Å². The molecule has 1 saturated carbocycles. The lowest BCUT2D eigenvalue weighted by atomic mass is 9.87. The van der Waals surface area contributed by atoms with Crippen LogP contribution < -0.4 is 5.32 Å². The zero-order chi connectivity index (χ0) is 22.0. The first-order chi connectivity index (χ1) is 15.0. The van der Waals surface area contributed by atoms with Crippen LogP contribution in [-0.2, 0) is 4.74 Å². The number of aromatic nitrogens is 1. The van der Waals surface area contributed by atoms with Crippen molar-refractivity contribution in [1.29, 1.82) is 5.26 Å². The van der Waals surface area contributed by atoms with E-state index in [9.17, 15) is 10.1 Å². The number of rotatable bonds is 7. The van der Waals surface area contributed by atoms with E-state index >= 15 is 0 Å². The van der Waals surface area contributed by atoms with Gasteiger partial charge in [-0.25, -0.2) is 9.78 Å². The van der Waals surface area contributed by atoms with Crippen molar-refractivity contribution in [3.05, 3.63) is 72.1 Å². The number of nitriles is 1. The quantitative estimate of drug-likeness (QED) is 0.518. The van der Waals surface area contributed by atoms with Crippen LogP contribution in [0.4, 0.5) is 4.79 Å². The van der Waals surface area contributed by atoms with Gasteiger partial charge in [0.15, 0.2) is 11.5 Å². The molecule has 0 saturated heterocycles. The number of hydrogen-bond acceptors (Lipinski definition) is 5. The van der Waals surface area contributed by atoms with Crippen LogP contribution in [-0.4, -0.2) is 24.2 Å². The highest BCUT2D eigenvalue weighted by Gasteiger charge is 2.32. The molecule has 1 aliphatic rings. The van der Waals surface area contributed by atoms with Gasteiger partial charge in [-0.2, -0.15) is 5.26 Å². The first kappa shape index (κ1) is 20.4. The van der Waals surface area contributed by atoms with Gasteiger partial charge in [-0.3, -0.25) is 0 Å². The molecule has 0 spiro atoms. The summed E-state index contributed by atoms with van der Waals surface area (Å²) in [6.07, 6.45) is 3.02. The van der Waals surface area contributed by atoms with Crippen molar-refractivity contribution in [3.63, 3.8) is 0 Å². The largest absolute Gasteiger partial charge is 0.445 e. The van der Waals surface area contributed by atoms with E-state index in [0.29, 0.717) is 34.0 Å². The second kappa shape index (κ2) is 8.49. The Morgan fingerprint density at radius 1 is 1.39 bits per heavy atom. The molecule has 4 rings (SSSR count). The van der Waals surface area contributed by atoms with Crippen molar-refractivity contribution < 1.29 is 13.9 Å². The van der Waals surface area contributed by atoms with Crippen molar-refractivity contribution >= 4 is 22.8 Å². The molecular formula is C25H23N3O3. The number of nitrogens with zero attached hydrogens (tertiary/aromatic N) is 2. The van der Waals surface area contributed by atoms with Crippen molar-refractivity contribution in [2.45, 2.75) is 25.7 Å². The normalized spacial score (nSPS) is 12.9. The van der Waals surface area contributed by atoms with Crippen molar-refractivity contribution in [2.75, 3.05) is 13.2 Å². The van der Waals surface area contributed by atoms with Gasteiger partial charge >= 0.3 is 6.09 Å². The molecule has 6 nitrogen and oxygen atoms in total. The fraction of sp³-hybridized carbons (Fsp3) is 0.240. The molecule has 1 aromatic heterocycles. The van der Waals surface area contributed by atoms with E-state index in [1.54, 1.807) is 0 Å². The minimum atomic E-state index is -0.555. The summed E-state index contributed by atoms with van der Waals surface area (Å²) in [6.45, 7) is 9.95. The fourth-order valence-electron chi connectivity index (χ4n) is 3.68. The number of benzene rings is 2. The summed E-state index contributed by atoms with van der Waals surface area (Å²) in [5.74, 6) is 0.955. The predicted molar refractivity (Wildman–Crippen MR) is 119 cm³/mol. The number of amides is 1. The molecule has 0 radical (unpaired) electrons. The summed E-state index contributed by atoms with van der Waals surface area (Å²) >= 11 is 0. The van der Waals surface area contributed by atoms with Gasteiger partial charge < -0.3 is 14.5 Å². The highest BCUT2D eigenvalue weighted by Crippen LogP contribution is 2.45. The topological polar surface area (TPSA) is 88.1 Å². The van der Waals surface area contributed by atoms with Gasteiger partial charge in [0.25, 0.3) is 0 Å². The predicted octanol–water partition coefficient (Wildman–Crippen LogP) is 5.48. The summed E-state index contributed by atoms with van der Waals surface area (Å²) in [5, 5.41) is 12.6. The molecule has 3 aromatic rings. The fourth-order valence-corrected chi connectivity index (χ4v) is 3.68. The van der Waals surface area contributed by atoms with Crippen molar-refractivity contribution in [1.82, 2.24) is 10.3 Å². The standard InChI is InChI=1S/C25H23N3O3/c1-4-12-30-25(29)27-14-15(2)20-21(17-8-6-5-7-9-17)16(3)19(13-26)22-23(20)31-24(28-22)18-10-11-18/h4-9,18H,1-2,10-12,14H2,3H3,(H,27,29). The number of carbonyl (C=O) groups is 1. The zero-order valence-electron chi connectivity index (χ0n) is 17.4. The first-order valence-corrected chi connectivity index (χ1v) is 10.2. The van der Waals surface area contributed by atoms with E-state index in [-0.39, 0.29) is 13.2 Å². The van der Waals surface area contributed by atoms with E-state index < -0.39 is 6.09 Å². The summed E-state index contributed by atoms with van der Waals surface area (Å²) in [5.41, 5.74) is 5.58. The van der Waals surface area contributed by atoms with Gasteiger partial charge in [0.2, 0.25) is 0 Å². The molecule has 1 aliphatic carbocycles. The Kier molecular flexibility index (Phi) is 5.59. The second-order valence-electron chi connectivity index (χ2n) is 7.58. The third-order valence-corrected chi connectivity index (χ3v) is 5.34. The number of nitrogens with one attached hydrogen (secondary N) is 1.